The molecule has 3 heteroatoms. The Morgan fingerprint density at radius 3 is 2.69 bits per heavy atom. The quantitative estimate of drug-likeness (QED) is 0.717. The number of hydrogen-bond acceptors (Lipinski definition) is 1. The fraction of sp³-hybridized carbons (Fsp3) is 0. The summed E-state index contributed by atoms with van der Waals surface area (Å²) in [7, 11) is 0. The molecule has 1 heterocycles. The molecule has 0 fully saturated rings. The smallest absolute Gasteiger partial charge is 0.0688 e. The number of halogens is 1. The Hall–Kier alpha value is -1.41. The molecule has 3 N–H and O–H groups in total. The number of nitrogen functional groups attached to an aromatic ring is 1. The number of aromatic amines is 1. The van der Waals surface area contributed by atoms with E-state index < -0.39 is 0 Å². The van der Waals surface area contributed by atoms with Crippen LogP contribution >= 0.6 is 11.6 Å². The van der Waals surface area contributed by atoms with Crippen molar-refractivity contribution in [2.75, 3.05) is 5.73 Å². The lowest BCUT2D eigenvalue weighted by Crippen LogP contribution is -1.85. The van der Waals surface area contributed by atoms with Crippen LogP contribution in [0.5, 0.6) is 0 Å². The van der Waals surface area contributed by atoms with Crippen LogP contribution in [0, 0.1) is 0 Å². The molecule has 1 aromatic heterocycles. The maximum atomic E-state index is 5.86. The third-order valence-corrected chi connectivity index (χ3v) is 2.13. The van der Waals surface area contributed by atoms with Gasteiger partial charge >= 0.3 is 0 Å². The number of benzene rings is 1. The molecule has 1 aromatic carbocycles. The van der Waals surface area contributed by atoms with E-state index in [1.807, 2.05) is 36.5 Å². The number of aromatic nitrogens is 1. The minimum Gasteiger partial charge on any atom is -0.397 e. The van der Waals surface area contributed by atoms with E-state index >= 15 is 0 Å². The minimum absolute atomic E-state index is 0.714. The fourth-order valence-corrected chi connectivity index (χ4v) is 1.47. The van der Waals surface area contributed by atoms with Crippen molar-refractivity contribution in [3.05, 3.63) is 41.6 Å². The molecule has 2 nitrogen and oxygen atoms in total. The molecule has 13 heavy (non-hydrogen) atoms. The van der Waals surface area contributed by atoms with Crippen molar-refractivity contribution in [2.24, 2.45) is 0 Å². The van der Waals surface area contributed by atoms with Crippen LogP contribution in [0.1, 0.15) is 0 Å². The molecule has 0 radical (unpaired) electrons. The van der Waals surface area contributed by atoms with Gasteiger partial charge in [-0.05, 0) is 18.2 Å². The largest absolute Gasteiger partial charge is 0.397 e. The topological polar surface area (TPSA) is 41.8 Å². The van der Waals surface area contributed by atoms with Crippen molar-refractivity contribution < 1.29 is 0 Å². The van der Waals surface area contributed by atoms with Gasteiger partial charge in [0.1, 0.15) is 0 Å². The zero-order valence-electron chi connectivity index (χ0n) is 6.92. The second kappa shape index (κ2) is 3.15. The summed E-state index contributed by atoms with van der Waals surface area (Å²) >= 11 is 5.86. The van der Waals surface area contributed by atoms with Crippen molar-refractivity contribution in [1.29, 1.82) is 0 Å². The first kappa shape index (κ1) is 8.20. The van der Waals surface area contributed by atoms with E-state index in [1.165, 1.54) is 0 Å². The first-order chi connectivity index (χ1) is 6.27. The van der Waals surface area contributed by atoms with Crippen LogP contribution in [0.15, 0.2) is 36.5 Å². The van der Waals surface area contributed by atoms with Crippen LogP contribution < -0.4 is 5.73 Å². The van der Waals surface area contributed by atoms with Crippen molar-refractivity contribution in [1.82, 2.24) is 4.98 Å². The van der Waals surface area contributed by atoms with Crippen LogP contribution in [-0.4, -0.2) is 4.98 Å². The van der Waals surface area contributed by atoms with Crippen LogP contribution in [-0.2, 0) is 0 Å². The molecule has 0 amide bonds. The van der Waals surface area contributed by atoms with Gasteiger partial charge in [0, 0.05) is 16.8 Å². The van der Waals surface area contributed by atoms with Gasteiger partial charge in [-0.2, -0.15) is 0 Å². The van der Waals surface area contributed by atoms with E-state index in [2.05, 4.69) is 4.98 Å². The van der Waals surface area contributed by atoms with Crippen molar-refractivity contribution in [3.8, 4) is 11.3 Å². The highest BCUT2D eigenvalue weighted by molar-refractivity contribution is 6.30. The summed E-state index contributed by atoms with van der Waals surface area (Å²) in [6.07, 6.45) is 1.81. The highest BCUT2D eigenvalue weighted by atomic mass is 35.5. The van der Waals surface area contributed by atoms with Crippen molar-refractivity contribution in [2.45, 2.75) is 0 Å². The molecule has 0 spiro atoms. The fourth-order valence-electron chi connectivity index (χ4n) is 1.28. The third-order valence-electron chi connectivity index (χ3n) is 1.89. The first-order valence-corrected chi connectivity index (χ1v) is 4.34. The van der Waals surface area contributed by atoms with Gasteiger partial charge in [-0.1, -0.05) is 23.7 Å². The Morgan fingerprint density at radius 2 is 2.08 bits per heavy atom. The van der Waals surface area contributed by atoms with Crippen LogP contribution in [0.25, 0.3) is 11.3 Å². The summed E-state index contributed by atoms with van der Waals surface area (Å²) in [5, 5.41) is 0.714. The highest BCUT2D eigenvalue weighted by Crippen LogP contribution is 2.25. The number of H-pyrrole nitrogens is 1. The van der Waals surface area contributed by atoms with Gasteiger partial charge < -0.3 is 10.7 Å². The van der Waals surface area contributed by atoms with E-state index in [1.54, 1.807) is 0 Å². The van der Waals surface area contributed by atoms with Crippen molar-refractivity contribution in [3.63, 3.8) is 0 Å². The Balaban J connectivity index is 2.53. The van der Waals surface area contributed by atoms with E-state index in [-0.39, 0.29) is 0 Å². The zero-order chi connectivity index (χ0) is 9.26. The molecule has 66 valence electrons. The summed E-state index contributed by atoms with van der Waals surface area (Å²) in [5.74, 6) is 0. The van der Waals surface area contributed by atoms with Gasteiger partial charge in [-0.25, -0.2) is 0 Å². The second-order valence-corrected chi connectivity index (χ2v) is 3.25. The molecule has 0 saturated carbocycles. The Morgan fingerprint density at radius 1 is 1.23 bits per heavy atom. The Kier molecular flexibility index (Phi) is 1.99. The van der Waals surface area contributed by atoms with Crippen LogP contribution in [0.4, 0.5) is 5.69 Å². The number of rotatable bonds is 1. The lowest BCUT2D eigenvalue weighted by Gasteiger charge is -2.00. The maximum absolute atomic E-state index is 5.86. The molecule has 2 rings (SSSR count). The molecule has 0 unspecified atom stereocenters. The van der Waals surface area contributed by atoms with Gasteiger partial charge in [-0.15, -0.1) is 0 Å². The first-order valence-electron chi connectivity index (χ1n) is 3.96. The average Bonchev–Trinajstić information content (AvgIpc) is 2.51. The van der Waals surface area contributed by atoms with Crippen LogP contribution in [0.3, 0.4) is 0 Å². The molecule has 0 aliphatic rings. The third kappa shape index (κ3) is 1.53. The molecule has 0 saturated heterocycles. The summed E-state index contributed by atoms with van der Waals surface area (Å²) in [5.41, 5.74) is 8.41. The highest BCUT2D eigenvalue weighted by Gasteiger charge is 2.02. The van der Waals surface area contributed by atoms with E-state index in [0.717, 1.165) is 16.9 Å². The van der Waals surface area contributed by atoms with Gasteiger partial charge in [0.2, 0.25) is 0 Å². The van der Waals surface area contributed by atoms with Gasteiger partial charge in [0.25, 0.3) is 0 Å². The normalized spacial score (nSPS) is 10.2. The van der Waals surface area contributed by atoms with E-state index in [0.29, 0.717) is 5.02 Å². The molecule has 2 aromatic rings. The predicted octanol–water partition coefficient (Wildman–Crippen LogP) is 2.92. The predicted molar refractivity (Wildman–Crippen MR) is 55.7 cm³/mol. The van der Waals surface area contributed by atoms with Crippen LogP contribution in [0.2, 0.25) is 5.02 Å². The van der Waals surface area contributed by atoms with E-state index in [9.17, 15) is 0 Å². The number of nitrogens with two attached hydrogens (primary N) is 1. The molecule has 0 aliphatic carbocycles. The summed E-state index contributed by atoms with van der Waals surface area (Å²) in [6.45, 7) is 0. The zero-order valence-corrected chi connectivity index (χ0v) is 7.68. The monoisotopic (exact) mass is 192 g/mol. The van der Waals surface area contributed by atoms with Gasteiger partial charge in [0.05, 0.1) is 11.4 Å². The lowest BCUT2D eigenvalue weighted by molar-refractivity contribution is 1.40. The van der Waals surface area contributed by atoms with Gasteiger partial charge in [0.15, 0.2) is 0 Å². The Labute approximate surface area is 81.3 Å². The molecule has 0 aliphatic heterocycles. The number of nitrogens with one attached hydrogen (secondary N) is 1. The molecular weight excluding hydrogens is 184 g/mol. The van der Waals surface area contributed by atoms with Gasteiger partial charge in [-0.3, -0.25) is 0 Å². The number of anilines is 1. The Bertz CT molecular complexity index is 420. The van der Waals surface area contributed by atoms with Crippen molar-refractivity contribution >= 4 is 17.3 Å². The molecular formula is C10H9ClN2. The lowest BCUT2D eigenvalue weighted by atomic mass is 10.1. The summed E-state index contributed by atoms with van der Waals surface area (Å²) in [6, 6.07) is 9.41. The minimum atomic E-state index is 0.714. The van der Waals surface area contributed by atoms with E-state index in [4.69, 9.17) is 17.3 Å². The average molecular weight is 193 g/mol. The maximum Gasteiger partial charge on any atom is 0.0688 e. The summed E-state index contributed by atoms with van der Waals surface area (Å²) < 4.78 is 0. The number of hydrogen-bond donors (Lipinski definition) is 2. The summed E-state index contributed by atoms with van der Waals surface area (Å²) in [4.78, 5) is 3.07. The molecule has 0 atom stereocenters. The SMILES string of the molecule is Nc1cc[nH]c1-c1cccc(Cl)c1. The second-order valence-electron chi connectivity index (χ2n) is 2.82. The molecule has 0 bridgehead atoms. The standard InChI is InChI=1S/C10H9ClN2/c11-8-3-1-2-7(6-8)10-9(12)4-5-13-10/h1-6,13H,12H2.